The van der Waals surface area contributed by atoms with Crippen molar-refractivity contribution in [3.8, 4) is 11.4 Å². The second-order valence-electron chi connectivity index (χ2n) is 6.03. The Kier molecular flexibility index (Phi) is 5.03. The summed E-state index contributed by atoms with van der Waals surface area (Å²) >= 11 is 2.95. The Morgan fingerprint density at radius 3 is 2.85 bits per heavy atom. The van der Waals surface area contributed by atoms with Gasteiger partial charge in [-0.05, 0) is 36.4 Å². The molecule has 0 atom stereocenters. The van der Waals surface area contributed by atoms with Gasteiger partial charge in [0.05, 0.1) is 17.9 Å². The van der Waals surface area contributed by atoms with Gasteiger partial charge in [-0.3, -0.25) is 9.36 Å². The number of benzene rings is 1. The summed E-state index contributed by atoms with van der Waals surface area (Å²) in [5, 5.41) is 14.0. The first-order valence-electron chi connectivity index (χ1n) is 8.34. The molecule has 134 valence electrons. The number of carbonyl (C=O) groups excluding carboxylic acids is 1. The smallest absolute Gasteiger partial charge is 0.230 e. The summed E-state index contributed by atoms with van der Waals surface area (Å²) in [5.41, 5.74) is 0.445. The number of thioether (sulfide) groups is 1. The lowest BCUT2D eigenvalue weighted by molar-refractivity contribution is -0.118. The van der Waals surface area contributed by atoms with Crippen molar-refractivity contribution < 1.29 is 9.18 Å². The van der Waals surface area contributed by atoms with E-state index in [1.807, 2.05) is 22.1 Å². The van der Waals surface area contributed by atoms with Gasteiger partial charge in [0, 0.05) is 10.9 Å². The van der Waals surface area contributed by atoms with E-state index in [4.69, 9.17) is 0 Å². The predicted octanol–water partition coefficient (Wildman–Crippen LogP) is 3.89. The van der Waals surface area contributed by atoms with Crippen LogP contribution in [0.5, 0.6) is 0 Å². The van der Waals surface area contributed by atoms with Crippen molar-refractivity contribution in [2.45, 2.75) is 30.6 Å². The molecule has 0 radical (unpaired) electrons. The molecular formula is C18H17FN4OS2. The molecule has 2 heterocycles. The zero-order chi connectivity index (χ0) is 17.9. The van der Waals surface area contributed by atoms with E-state index >= 15 is 0 Å². The van der Waals surface area contributed by atoms with E-state index in [0.717, 1.165) is 17.7 Å². The third-order valence-corrected chi connectivity index (χ3v) is 5.88. The molecule has 3 aromatic rings. The molecule has 1 aliphatic rings. The maximum Gasteiger partial charge on any atom is 0.230 e. The standard InChI is InChI=1S/C18H17FN4OS2/c19-15-6-2-1-5-14(15)17-21-22-18(23(17)12-7-8-12)26-11-16(24)20-10-13-4-3-9-25-13/h1-6,9,12H,7-8,10-11H2,(H,20,24). The number of rotatable bonds is 7. The first kappa shape index (κ1) is 17.2. The minimum atomic E-state index is -0.313. The molecule has 1 aromatic carbocycles. The summed E-state index contributed by atoms with van der Waals surface area (Å²) in [6.45, 7) is 0.535. The minimum absolute atomic E-state index is 0.0545. The number of nitrogens with zero attached hydrogens (tertiary/aromatic N) is 3. The van der Waals surface area contributed by atoms with Gasteiger partial charge in [0.15, 0.2) is 11.0 Å². The summed E-state index contributed by atoms with van der Waals surface area (Å²) in [4.78, 5) is 13.2. The summed E-state index contributed by atoms with van der Waals surface area (Å²) in [6, 6.07) is 10.8. The van der Waals surface area contributed by atoms with E-state index < -0.39 is 0 Å². The first-order chi connectivity index (χ1) is 12.7. The second kappa shape index (κ2) is 7.59. The van der Waals surface area contributed by atoms with Gasteiger partial charge in [0.2, 0.25) is 5.91 Å². The Balaban J connectivity index is 1.45. The molecule has 1 aliphatic carbocycles. The topological polar surface area (TPSA) is 59.8 Å². The Hall–Kier alpha value is -2.19. The zero-order valence-corrected chi connectivity index (χ0v) is 15.5. The molecule has 2 aromatic heterocycles. The van der Waals surface area contributed by atoms with Crippen molar-refractivity contribution in [3.05, 3.63) is 52.5 Å². The molecule has 0 saturated heterocycles. The Labute approximate surface area is 158 Å². The van der Waals surface area contributed by atoms with Crippen LogP contribution in [0.15, 0.2) is 46.9 Å². The average molecular weight is 388 g/mol. The highest BCUT2D eigenvalue weighted by molar-refractivity contribution is 7.99. The lowest BCUT2D eigenvalue weighted by Gasteiger charge is -2.09. The summed E-state index contributed by atoms with van der Waals surface area (Å²) in [7, 11) is 0. The lowest BCUT2D eigenvalue weighted by Crippen LogP contribution is -2.24. The number of halogens is 1. The van der Waals surface area contributed by atoms with E-state index in [9.17, 15) is 9.18 Å². The normalized spacial score (nSPS) is 13.7. The number of aromatic nitrogens is 3. The Morgan fingerprint density at radius 1 is 1.27 bits per heavy atom. The van der Waals surface area contributed by atoms with Crippen LogP contribution in [0.4, 0.5) is 4.39 Å². The van der Waals surface area contributed by atoms with E-state index in [1.54, 1.807) is 29.5 Å². The van der Waals surface area contributed by atoms with Crippen LogP contribution < -0.4 is 5.32 Å². The summed E-state index contributed by atoms with van der Waals surface area (Å²) in [6.07, 6.45) is 2.05. The highest BCUT2D eigenvalue weighted by Crippen LogP contribution is 2.41. The molecule has 4 rings (SSSR count). The molecule has 0 bridgehead atoms. The van der Waals surface area contributed by atoms with Gasteiger partial charge < -0.3 is 5.32 Å². The predicted molar refractivity (Wildman–Crippen MR) is 101 cm³/mol. The molecular weight excluding hydrogens is 371 g/mol. The minimum Gasteiger partial charge on any atom is -0.350 e. The third kappa shape index (κ3) is 3.81. The zero-order valence-electron chi connectivity index (χ0n) is 13.9. The molecule has 0 spiro atoms. The van der Waals surface area contributed by atoms with E-state index in [0.29, 0.717) is 23.1 Å². The number of hydrogen-bond acceptors (Lipinski definition) is 5. The fraction of sp³-hybridized carbons (Fsp3) is 0.278. The van der Waals surface area contributed by atoms with Gasteiger partial charge in [-0.2, -0.15) is 0 Å². The molecule has 1 fully saturated rings. The second-order valence-corrected chi connectivity index (χ2v) is 8.01. The van der Waals surface area contributed by atoms with Crippen LogP contribution in [0.2, 0.25) is 0 Å². The largest absolute Gasteiger partial charge is 0.350 e. The Morgan fingerprint density at radius 2 is 2.12 bits per heavy atom. The molecule has 1 N–H and O–H groups in total. The maximum atomic E-state index is 14.1. The highest BCUT2D eigenvalue weighted by atomic mass is 32.2. The fourth-order valence-corrected chi connectivity index (χ4v) is 4.12. The third-order valence-electron chi connectivity index (χ3n) is 4.06. The van der Waals surface area contributed by atoms with Gasteiger partial charge in [-0.15, -0.1) is 21.5 Å². The van der Waals surface area contributed by atoms with Gasteiger partial charge in [0.1, 0.15) is 5.82 Å². The SMILES string of the molecule is O=C(CSc1nnc(-c2ccccc2F)n1C1CC1)NCc1cccs1. The first-order valence-corrected chi connectivity index (χ1v) is 10.2. The summed E-state index contributed by atoms with van der Waals surface area (Å²) < 4.78 is 16.1. The lowest BCUT2D eigenvalue weighted by atomic mass is 10.2. The fourth-order valence-electron chi connectivity index (χ4n) is 2.64. The average Bonchev–Trinajstić information content (AvgIpc) is 3.18. The van der Waals surface area contributed by atoms with Gasteiger partial charge in [0.25, 0.3) is 0 Å². The Bertz CT molecular complexity index is 906. The van der Waals surface area contributed by atoms with Gasteiger partial charge >= 0.3 is 0 Å². The molecule has 0 aliphatic heterocycles. The number of thiophene rings is 1. The molecule has 26 heavy (non-hydrogen) atoms. The number of nitrogens with one attached hydrogen (secondary N) is 1. The van der Waals surface area contributed by atoms with Crippen molar-refractivity contribution in [1.82, 2.24) is 20.1 Å². The van der Waals surface area contributed by atoms with E-state index in [-0.39, 0.29) is 23.5 Å². The van der Waals surface area contributed by atoms with Crippen LogP contribution in [0.25, 0.3) is 11.4 Å². The highest BCUT2D eigenvalue weighted by Gasteiger charge is 2.31. The monoisotopic (exact) mass is 388 g/mol. The number of amides is 1. The van der Waals surface area contributed by atoms with E-state index in [1.165, 1.54) is 17.8 Å². The molecule has 8 heteroatoms. The molecule has 1 saturated carbocycles. The maximum absolute atomic E-state index is 14.1. The van der Waals surface area contributed by atoms with Crippen molar-refractivity contribution in [2.24, 2.45) is 0 Å². The van der Waals surface area contributed by atoms with Gasteiger partial charge in [-0.25, -0.2) is 4.39 Å². The number of hydrogen-bond donors (Lipinski definition) is 1. The van der Waals surface area contributed by atoms with Crippen LogP contribution in [0, 0.1) is 5.82 Å². The van der Waals surface area contributed by atoms with Crippen LogP contribution in [-0.4, -0.2) is 26.4 Å². The van der Waals surface area contributed by atoms with Crippen LogP contribution in [0.1, 0.15) is 23.8 Å². The van der Waals surface area contributed by atoms with Crippen LogP contribution >= 0.6 is 23.1 Å². The van der Waals surface area contributed by atoms with Crippen molar-refractivity contribution in [1.29, 1.82) is 0 Å². The van der Waals surface area contributed by atoms with Crippen molar-refractivity contribution in [2.75, 3.05) is 5.75 Å². The quantitative estimate of drug-likeness (QED) is 0.624. The van der Waals surface area contributed by atoms with Crippen molar-refractivity contribution >= 4 is 29.0 Å². The van der Waals surface area contributed by atoms with E-state index in [2.05, 4.69) is 15.5 Å². The molecule has 1 amide bonds. The summed E-state index contributed by atoms with van der Waals surface area (Å²) in [5.74, 6) is 0.424. The molecule has 5 nitrogen and oxygen atoms in total. The van der Waals surface area contributed by atoms with Crippen molar-refractivity contribution in [3.63, 3.8) is 0 Å². The molecule has 0 unspecified atom stereocenters. The van der Waals surface area contributed by atoms with Gasteiger partial charge in [-0.1, -0.05) is 30.0 Å². The van der Waals surface area contributed by atoms with Crippen LogP contribution in [-0.2, 0) is 11.3 Å². The van der Waals surface area contributed by atoms with Crippen LogP contribution in [0.3, 0.4) is 0 Å². The number of carbonyl (C=O) groups is 1.